The molecular formula is C13H19NO2S. The van der Waals surface area contributed by atoms with Crippen LogP contribution in [-0.4, -0.2) is 42.3 Å². The van der Waals surface area contributed by atoms with Gasteiger partial charge in [-0.05, 0) is 42.4 Å². The minimum atomic E-state index is -0.676. The SMILES string of the molecule is CN(CC(O)CO)c1ccc2c(c1)CCCS2. The Morgan fingerprint density at radius 2 is 2.29 bits per heavy atom. The van der Waals surface area contributed by atoms with Crippen molar-refractivity contribution in [2.45, 2.75) is 23.8 Å². The number of hydrogen-bond donors (Lipinski definition) is 2. The smallest absolute Gasteiger partial charge is 0.0945 e. The molecule has 0 fully saturated rings. The van der Waals surface area contributed by atoms with Gasteiger partial charge in [-0.25, -0.2) is 0 Å². The largest absolute Gasteiger partial charge is 0.394 e. The number of anilines is 1. The Bertz CT molecular complexity index is 384. The van der Waals surface area contributed by atoms with Gasteiger partial charge in [0.05, 0.1) is 12.7 Å². The Labute approximate surface area is 106 Å². The van der Waals surface area contributed by atoms with Crippen LogP contribution in [-0.2, 0) is 6.42 Å². The summed E-state index contributed by atoms with van der Waals surface area (Å²) in [7, 11) is 1.94. The predicted octanol–water partition coefficient (Wildman–Crippen LogP) is 1.51. The molecular weight excluding hydrogens is 234 g/mol. The standard InChI is InChI=1S/C13H19NO2S/c1-14(8-12(16)9-15)11-4-5-13-10(7-11)3-2-6-17-13/h4-5,7,12,15-16H,2-3,6,8-9H2,1H3. The lowest BCUT2D eigenvalue weighted by atomic mass is 10.1. The first-order valence-electron chi connectivity index (χ1n) is 5.96. The fraction of sp³-hybridized carbons (Fsp3) is 0.538. The van der Waals surface area contributed by atoms with E-state index in [4.69, 9.17) is 5.11 Å². The molecule has 3 nitrogen and oxygen atoms in total. The van der Waals surface area contributed by atoms with Gasteiger partial charge in [0.1, 0.15) is 0 Å². The molecule has 0 saturated heterocycles. The summed E-state index contributed by atoms with van der Waals surface area (Å²) in [5.74, 6) is 1.21. The maximum Gasteiger partial charge on any atom is 0.0945 e. The van der Waals surface area contributed by atoms with Crippen molar-refractivity contribution >= 4 is 17.4 Å². The number of thioether (sulfide) groups is 1. The predicted molar refractivity (Wildman–Crippen MR) is 71.8 cm³/mol. The first-order valence-corrected chi connectivity index (χ1v) is 6.95. The van der Waals surface area contributed by atoms with E-state index >= 15 is 0 Å². The third-order valence-electron chi connectivity index (χ3n) is 3.03. The van der Waals surface area contributed by atoms with E-state index in [1.165, 1.54) is 22.6 Å². The van der Waals surface area contributed by atoms with Crippen LogP contribution >= 0.6 is 11.8 Å². The van der Waals surface area contributed by atoms with Crippen molar-refractivity contribution in [1.29, 1.82) is 0 Å². The number of aryl methyl sites for hydroxylation is 1. The number of fused-ring (bicyclic) bond motifs is 1. The van der Waals surface area contributed by atoms with Crippen LogP contribution in [0.25, 0.3) is 0 Å². The molecule has 4 heteroatoms. The highest BCUT2D eigenvalue weighted by Gasteiger charge is 2.13. The van der Waals surface area contributed by atoms with Gasteiger partial charge in [0.15, 0.2) is 0 Å². The summed E-state index contributed by atoms with van der Waals surface area (Å²) in [6, 6.07) is 6.45. The molecule has 0 amide bonds. The molecule has 2 rings (SSSR count). The third kappa shape index (κ3) is 3.15. The first-order chi connectivity index (χ1) is 8.20. The molecule has 1 aliphatic heterocycles. The topological polar surface area (TPSA) is 43.7 Å². The second-order valence-electron chi connectivity index (χ2n) is 4.46. The summed E-state index contributed by atoms with van der Waals surface area (Å²) in [6.45, 7) is 0.271. The molecule has 1 aliphatic rings. The van der Waals surface area contributed by atoms with Crippen molar-refractivity contribution in [2.24, 2.45) is 0 Å². The molecule has 0 aromatic heterocycles. The van der Waals surface area contributed by atoms with Gasteiger partial charge in [0.2, 0.25) is 0 Å². The third-order valence-corrected chi connectivity index (χ3v) is 4.23. The van der Waals surface area contributed by atoms with Gasteiger partial charge < -0.3 is 15.1 Å². The van der Waals surface area contributed by atoms with Crippen LogP contribution < -0.4 is 4.90 Å². The van der Waals surface area contributed by atoms with E-state index in [1.807, 2.05) is 23.7 Å². The number of aliphatic hydroxyl groups is 2. The summed E-state index contributed by atoms with van der Waals surface area (Å²) >= 11 is 1.92. The van der Waals surface area contributed by atoms with Crippen LogP contribution in [0.2, 0.25) is 0 Å². The Hall–Kier alpha value is -0.710. The highest BCUT2D eigenvalue weighted by molar-refractivity contribution is 7.99. The Balaban J connectivity index is 2.10. The minimum absolute atomic E-state index is 0.189. The molecule has 2 N–H and O–H groups in total. The molecule has 0 saturated carbocycles. The normalized spacial score (nSPS) is 16.4. The minimum Gasteiger partial charge on any atom is -0.394 e. The van der Waals surface area contributed by atoms with E-state index in [-0.39, 0.29) is 6.61 Å². The fourth-order valence-corrected chi connectivity index (χ4v) is 3.08. The lowest BCUT2D eigenvalue weighted by molar-refractivity contribution is 0.101. The molecule has 1 aromatic carbocycles. The lowest BCUT2D eigenvalue weighted by Gasteiger charge is -2.24. The molecule has 1 aromatic rings. The average molecular weight is 253 g/mol. The molecule has 0 bridgehead atoms. The second-order valence-corrected chi connectivity index (χ2v) is 5.60. The van der Waals surface area contributed by atoms with E-state index in [1.54, 1.807) is 0 Å². The van der Waals surface area contributed by atoms with Crippen molar-refractivity contribution in [2.75, 3.05) is 30.9 Å². The molecule has 0 aliphatic carbocycles. The summed E-state index contributed by atoms with van der Waals surface area (Å²) < 4.78 is 0. The van der Waals surface area contributed by atoms with Gasteiger partial charge in [-0.3, -0.25) is 0 Å². The number of rotatable bonds is 4. The zero-order valence-corrected chi connectivity index (χ0v) is 10.9. The maximum atomic E-state index is 9.43. The Morgan fingerprint density at radius 3 is 3.06 bits per heavy atom. The fourth-order valence-electron chi connectivity index (χ4n) is 2.06. The first kappa shape index (κ1) is 12.7. The van der Waals surface area contributed by atoms with Crippen molar-refractivity contribution in [3.05, 3.63) is 23.8 Å². The molecule has 0 radical (unpaired) electrons. The molecule has 1 heterocycles. The monoisotopic (exact) mass is 253 g/mol. The van der Waals surface area contributed by atoms with E-state index in [0.717, 1.165) is 12.1 Å². The van der Waals surface area contributed by atoms with Gasteiger partial charge >= 0.3 is 0 Å². The van der Waals surface area contributed by atoms with Crippen molar-refractivity contribution in [1.82, 2.24) is 0 Å². The molecule has 0 spiro atoms. The van der Waals surface area contributed by atoms with Crippen LogP contribution in [0.1, 0.15) is 12.0 Å². The summed E-state index contributed by atoms with van der Waals surface area (Å²) in [5.41, 5.74) is 2.52. The molecule has 17 heavy (non-hydrogen) atoms. The van der Waals surface area contributed by atoms with Crippen LogP contribution in [0.3, 0.4) is 0 Å². The highest BCUT2D eigenvalue weighted by Crippen LogP contribution is 2.32. The lowest BCUT2D eigenvalue weighted by Crippen LogP contribution is -2.31. The number of hydrogen-bond acceptors (Lipinski definition) is 4. The quantitative estimate of drug-likeness (QED) is 0.854. The van der Waals surface area contributed by atoms with E-state index < -0.39 is 6.10 Å². The second kappa shape index (κ2) is 5.76. The molecule has 94 valence electrons. The van der Waals surface area contributed by atoms with Crippen molar-refractivity contribution in [3.8, 4) is 0 Å². The van der Waals surface area contributed by atoms with Crippen LogP contribution in [0.4, 0.5) is 5.69 Å². The summed E-state index contributed by atoms with van der Waals surface area (Å²) in [4.78, 5) is 3.37. The van der Waals surface area contributed by atoms with Gasteiger partial charge in [-0.15, -0.1) is 11.8 Å². The van der Waals surface area contributed by atoms with Gasteiger partial charge in [-0.1, -0.05) is 0 Å². The summed E-state index contributed by atoms with van der Waals surface area (Å²) in [5, 5.41) is 18.3. The van der Waals surface area contributed by atoms with Crippen LogP contribution in [0.5, 0.6) is 0 Å². The zero-order chi connectivity index (χ0) is 12.3. The Kier molecular flexibility index (Phi) is 4.31. The van der Waals surface area contributed by atoms with E-state index in [2.05, 4.69) is 18.2 Å². The maximum absolute atomic E-state index is 9.43. The number of aliphatic hydroxyl groups excluding tert-OH is 2. The number of nitrogens with zero attached hydrogens (tertiary/aromatic N) is 1. The molecule has 1 unspecified atom stereocenters. The van der Waals surface area contributed by atoms with Crippen LogP contribution in [0.15, 0.2) is 23.1 Å². The van der Waals surface area contributed by atoms with Gasteiger partial charge in [0, 0.05) is 24.2 Å². The number of likely N-dealkylation sites (N-methyl/N-ethyl adjacent to an activating group) is 1. The van der Waals surface area contributed by atoms with Crippen LogP contribution in [0, 0.1) is 0 Å². The average Bonchev–Trinajstić information content (AvgIpc) is 2.38. The zero-order valence-electron chi connectivity index (χ0n) is 10.1. The number of benzene rings is 1. The van der Waals surface area contributed by atoms with Gasteiger partial charge in [-0.2, -0.15) is 0 Å². The molecule has 1 atom stereocenters. The van der Waals surface area contributed by atoms with E-state index in [0.29, 0.717) is 6.54 Å². The Morgan fingerprint density at radius 1 is 1.47 bits per heavy atom. The van der Waals surface area contributed by atoms with Gasteiger partial charge in [0.25, 0.3) is 0 Å². The highest BCUT2D eigenvalue weighted by atomic mass is 32.2. The van der Waals surface area contributed by atoms with E-state index in [9.17, 15) is 5.11 Å². The van der Waals surface area contributed by atoms with Crippen molar-refractivity contribution in [3.63, 3.8) is 0 Å². The summed E-state index contributed by atoms with van der Waals surface area (Å²) in [6.07, 6.45) is 1.71. The van der Waals surface area contributed by atoms with Crippen molar-refractivity contribution < 1.29 is 10.2 Å².